The molecule has 6 nitrogen and oxygen atoms in total. The summed E-state index contributed by atoms with van der Waals surface area (Å²) < 4.78 is 4.91. The summed E-state index contributed by atoms with van der Waals surface area (Å²) in [6, 6.07) is 6.31. The predicted molar refractivity (Wildman–Crippen MR) is 84.3 cm³/mol. The van der Waals surface area contributed by atoms with Crippen molar-refractivity contribution in [1.82, 2.24) is 4.90 Å². The maximum absolute atomic E-state index is 11.6. The van der Waals surface area contributed by atoms with E-state index in [4.69, 9.17) is 4.74 Å². The minimum absolute atomic E-state index is 0.0509. The fourth-order valence-corrected chi connectivity index (χ4v) is 1.92. The number of carbonyl (C=O) groups excluding carboxylic acids is 1. The van der Waals surface area contributed by atoms with Crippen LogP contribution in [0.3, 0.4) is 0 Å². The van der Waals surface area contributed by atoms with Gasteiger partial charge in [-0.25, -0.2) is 4.79 Å². The van der Waals surface area contributed by atoms with Crippen LogP contribution in [-0.2, 0) is 16.1 Å². The van der Waals surface area contributed by atoms with Crippen LogP contribution in [0.25, 0.3) is 0 Å². The van der Waals surface area contributed by atoms with Crippen molar-refractivity contribution in [3.8, 4) is 0 Å². The minimum atomic E-state index is -0.437. The van der Waals surface area contributed by atoms with E-state index in [0.717, 1.165) is 5.56 Å². The Morgan fingerprint density at radius 3 is 2.55 bits per heavy atom. The lowest BCUT2D eigenvalue weighted by atomic mass is 10.2. The Morgan fingerprint density at radius 1 is 1.41 bits per heavy atom. The van der Waals surface area contributed by atoms with E-state index >= 15 is 0 Å². The van der Waals surface area contributed by atoms with E-state index < -0.39 is 10.9 Å². The molecule has 0 bridgehead atoms. The summed E-state index contributed by atoms with van der Waals surface area (Å²) in [6.07, 6.45) is 1.73. The predicted octanol–water partition coefficient (Wildman–Crippen LogP) is 2.70. The number of esters is 1. The van der Waals surface area contributed by atoms with Gasteiger partial charge in [-0.1, -0.05) is 24.8 Å². The van der Waals surface area contributed by atoms with Gasteiger partial charge >= 0.3 is 5.97 Å². The van der Waals surface area contributed by atoms with Gasteiger partial charge in [0.25, 0.3) is 5.69 Å². The Bertz CT molecular complexity index is 552. The molecule has 0 fully saturated rings. The number of nitrogens with zero attached hydrogens (tertiary/aromatic N) is 2. The van der Waals surface area contributed by atoms with Gasteiger partial charge in [-0.2, -0.15) is 0 Å². The van der Waals surface area contributed by atoms with Crippen LogP contribution in [0.2, 0.25) is 0 Å². The van der Waals surface area contributed by atoms with Crippen molar-refractivity contribution in [3.63, 3.8) is 0 Å². The molecule has 22 heavy (non-hydrogen) atoms. The molecule has 0 atom stereocenters. The van der Waals surface area contributed by atoms with Crippen molar-refractivity contribution in [2.75, 3.05) is 19.7 Å². The standard InChI is InChI=1S/C16H20N2O4/c1-4-10-17(11-13(3)16(19)22-5-2)12-14-6-8-15(9-7-14)18(20)21/h4,6-9H,1,3,5,10-12H2,2H3. The molecule has 1 aromatic carbocycles. The van der Waals surface area contributed by atoms with Gasteiger partial charge in [0.1, 0.15) is 0 Å². The largest absolute Gasteiger partial charge is 0.463 e. The molecule has 0 aromatic heterocycles. The molecule has 0 radical (unpaired) electrons. The van der Waals surface area contributed by atoms with Crippen LogP contribution in [-0.4, -0.2) is 35.5 Å². The highest BCUT2D eigenvalue weighted by Gasteiger charge is 2.13. The van der Waals surface area contributed by atoms with Crippen molar-refractivity contribution in [1.29, 1.82) is 0 Å². The molecular weight excluding hydrogens is 284 g/mol. The summed E-state index contributed by atoms with van der Waals surface area (Å²) in [5.41, 5.74) is 1.32. The molecule has 6 heteroatoms. The Hall–Kier alpha value is -2.47. The maximum Gasteiger partial charge on any atom is 0.334 e. The van der Waals surface area contributed by atoms with Gasteiger partial charge in [0.15, 0.2) is 0 Å². The molecule has 1 aromatic rings. The van der Waals surface area contributed by atoms with Gasteiger partial charge in [-0.15, -0.1) is 6.58 Å². The zero-order chi connectivity index (χ0) is 16.5. The molecule has 0 N–H and O–H groups in total. The second-order valence-electron chi connectivity index (χ2n) is 4.71. The van der Waals surface area contributed by atoms with Crippen LogP contribution in [0.15, 0.2) is 49.1 Å². The number of non-ortho nitro benzene ring substituents is 1. The SMILES string of the molecule is C=CCN(CC(=C)C(=O)OCC)Cc1ccc([N+](=O)[O-])cc1. The van der Waals surface area contributed by atoms with Gasteiger partial charge in [-0.05, 0) is 12.5 Å². The molecule has 118 valence electrons. The highest BCUT2D eigenvalue weighted by molar-refractivity contribution is 5.88. The van der Waals surface area contributed by atoms with Crippen molar-refractivity contribution >= 4 is 11.7 Å². The van der Waals surface area contributed by atoms with E-state index in [-0.39, 0.29) is 5.69 Å². The number of carbonyl (C=O) groups is 1. The quantitative estimate of drug-likeness (QED) is 0.230. The van der Waals surface area contributed by atoms with E-state index in [1.807, 2.05) is 4.90 Å². The highest BCUT2D eigenvalue weighted by atomic mass is 16.6. The molecule has 0 aliphatic carbocycles. The van der Waals surface area contributed by atoms with Crippen molar-refractivity contribution in [2.45, 2.75) is 13.5 Å². The van der Waals surface area contributed by atoms with Crippen LogP contribution >= 0.6 is 0 Å². The van der Waals surface area contributed by atoms with Crippen LogP contribution < -0.4 is 0 Å². The first kappa shape index (κ1) is 17.6. The van der Waals surface area contributed by atoms with Gasteiger partial charge < -0.3 is 4.74 Å². The zero-order valence-corrected chi connectivity index (χ0v) is 12.7. The third kappa shape index (κ3) is 5.49. The van der Waals surface area contributed by atoms with E-state index in [0.29, 0.717) is 31.8 Å². The molecular formula is C16H20N2O4. The highest BCUT2D eigenvalue weighted by Crippen LogP contribution is 2.14. The fourth-order valence-electron chi connectivity index (χ4n) is 1.92. The number of ether oxygens (including phenoxy) is 1. The van der Waals surface area contributed by atoms with Crippen molar-refractivity contribution < 1.29 is 14.5 Å². The van der Waals surface area contributed by atoms with Gasteiger partial charge in [0.2, 0.25) is 0 Å². The first-order chi connectivity index (χ1) is 10.5. The van der Waals surface area contributed by atoms with E-state index in [1.54, 1.807) is 25.1 Å². The number of nitro groups is 1. The molecule has 0 spiro atoms. The van der Waals surface area contributed by atoms with Crippen LogP contribution in [0.5, 0.6) is 0 Å². The van der Waals surface area contributed by atoms with E-state index in [2.05, 4.69) is 13.2 Å². The monoisotopic (exact) mass is 304 g/mol. The average Bonchev–Trinajstić information content (AvgIpc) is 2.48. The number of rotatable bonds is 9. The summed E-state index contributed by atoms with van der Waals surface area (Å²) in [4.78, 5) is 23.8. The Balaban J connectivity index is 2.71. The average molecular weight is 304 g/mol. The lowest BCUT2D eigenvalue weighted by Gasteiger charge is -2.21. The first-order valence-electron chi connectivity index (χ1n) is 6.89. The molecule has 0 saturated carbocycles. The van der Waals surface area contributed by atoms with E-state index in [9.17, 15) is 14.9 Å². The summed E-state index contributed by atoms with van der Waals surface area (Å²) in [5.74, 6) is -0.416. The second-order valence-corrected chi connectivity index (χ2v) is 4.71. The molecule has 0 aliphatic heterocycles. The van der Waals surface area contributed by atoms with Crippen LogP contribution in [0.1, 0.15) is 12.5 Å². The topological polar surface area (TPSA) is 72.7 Å². The van der Waals surface area contributed by atoms with Gasteiger partial charge in [-0.3, -0.25) is 15.0 Å². The Morgan fingerprint density at radius 2 is 2.05 bits per heavy atom. The number of hydrogen-bond acceptors (Lipinski definition) is 5. The van der Waals surface area contributed by atoms with Crippen LogP contribution in [0, 0.1) is 10.1 Å². The molecule has 0 saturated heterocycles. The molecule has 1 rings (SSSR count). The maximum atomic E-state index is 11.6. The summed E-state index contributed by atoms with van der Waals surface area (Å²) in [6.45, 7) is 10.9. The smallest absolute Gasteiger partial charge is 0.334 e. The molecule has 0 unspecified atom stereocenters. The fraction of sp³-hybridized carbons (Fsp3) is 0.312. The second kappa shape index (κ2) is 8.74. The van der Waals surface area contributed by atoms with E-state index in [1.165, 1.54) is 12.1 Å². The Kier molecular flexibility index (Phi) is 6.98. The zero-order valence-electron chi connectivity index (χ0n) is 12.7. The Labute approximate surface area is 129 Å². The molecule has 0 aliphatic rings. The number of hydrogen-bond donors (Lipinski definition) is 0. The number of benzene rings is 1. The van der Waals surface area contributed by atoms with Gasteiger partial charge in [0.05, 0.1) is 11.5 Å². The van der Waals surface area contributed by atoms with Gasteiger partial charge in [0, 0.05) is 37.3 Å². The summed E-state index contributed by atoms with van der Waals surface area (Å²) >= 11 is 0. The third-order valence-electron chi connectivity index (χ3n) is 2.92. The van der Waals surface area contributed by atoms with Crippen molar-refractivity contribution in [3.05, 3.63) is 64.8 Å². The molecule has 0 amide bonds. The first-order valence-corrected chi connectivity index (χ1v) is 6.89. The van der Waals surface area contributed by atoms with Crippen molar-refractivity contribution in [2.24, 2.45) is 0 Å². The lowest BCUT2D eigenvalue weighted by molar-refractivity contribution is -0.384. The lowest BCUT2D eigenvalue weighted by Crippen LogP contribution is -2.28. The van der Waals surface area contributed by atoms with Crippen LogP contribution in [0.4, 0.5) is 5.69 Å². The summed E-state index contributed by atoms with van der Waals surface area (Å²) in [7, 11) is 0. The normalized spacial score (nSPS) is 10.3. The number of nitro benzene ring substituents is 1. The minimum Gasteiger partial charge on any atom is -0.463 e. The molecule has 0 heterocycles. The third-order valence-corrected chi connectivity index (χ3v) is 2.92. The summed E-state index contributed by atoms with van der Waals surface area (Å²) in [5, 5.41) is 10.6.